The average molecular weight is 189 g/mol. The fourth-order valence-electron chi connectivity index (χ4n) is 1.40. The van der Waals surface area contributed by atoms with Gasteiger partial charge in [-0.15, -0.1) is 0 Å². The van der Waals surface area contributed by atoms with Crippen LogP contribution in [0.4, 0.5) is 0 Å². The molecule has 1 atom stereocenters. The average Bonchev–Trinajstić information content (AvgIpc) is 2.16. The molecule has 1 aromatic heterocycles. The maximum Gasteiger partial charge on any atom is 0.0712 e. The maximum absolute atomic E-state index is 4.45. The van der Waals surface area contributed by atoms with Gasteiger partial charge in [0.15, 0.2) is 0 Å². The summed E-state index contributed by atoms with van der Waals surface area (Å²) in [5.41, 5.74) is 3.43. The number of aromatic nitrogens is 1. The van der Waals surface area contributed by atoms with Crippen LogP contribution in [-0.4, -0.2) is 4.98 Å². The van der Waals surface area contributed by atoms with Gasteiger partial charge in [-0.2, -0.15) is 0 Å². The van der Waals surface area contributed by atoms with E-state index in [1.54, 1.807) is 0 Å². The second-order valence-electron chi connectivity index (χ2n) is 3.12. The minimum absolute atomic E-state index is 1.00. The van der Waals surface area contributed by atoms with Crippen molar-refractivity contribution in [3.63, 3.8) is 0 Å². The van der Waals surface area contributed by atoms with Crippen LogP contribution < -0.4 is 5.44 Å². The molecule has 0 aliphatic carbocycles. The standard InChI is InChI=1S/C11H12NP/c1-2-8-3-4-9-5-6-11(13)12-10(9)7-8/h3-7H,2,13H2,1H3. The Labute approximate surface area is 80.4 Å². The first-order valence-corrected chi connectivity index (χ1v) is 5.02. The molecule has 0 aliphatic rings. The van der Waals surface area contributed by atoms with Crippen molar-refractivity contribution in [2.45, 2.75) is 13.3 Å². The molecule has 2 aromatic rings. The van der Waals surface area contributed by atoms with Crippen molar-refractivity contribution in [2.75, 3.05) is 0 Å². The molecule has 1 heterocycles. The smallest absolute Gasteiger partial charge is 0.0712 e. The molecular formula is C11H12NP. The summed E-state index contributed by atoms with van der Waals surface area (Å²) in [6.07, 6.45) is 1.07. The summed E-state index contributed by atoms with van der Waals surface area (Å²) in [5, 5.41) is 1.21. The van der Waals surface area contributed by atoms with Gasteiger partial charge >= 0.3 is 0 Å². The van der Waals surface area contributed by atoms with E-state index < -0.39 is 0 Å². The summed E-state index contributed by atoms with van der Waals surface area (Å²) in [6, 6.07) is 10.6. The van der Waals surface area contributed by atoms with Crippen molar-refractivity contribution in [1.29, 1.82) is 0 Å². The molecule has 1 nitrogen and oxygen atoms in total. The molecule has 0 saturated carbocycles. The third-order valence-electron chi connectivity index (χ3n) is 2.19. The Morgan fingerprint density at radius 3 is 2.77 bits per heavy atom. The summed E-state index contributed by atoms with van der Waals surface area (Å²) < 4.78 is 0. The lowest BCUT2D eigenvalue weighted by molar-refractivity contribution is 1.14. The lowest BCUT2D eigenvalue weighted by Crippen LogP contribution is -1.96. The number of fused-ring (bicyclic) bond motifs is 1. The number of benzene rings is 1. The van der Waals surface area contributed by atoms with Crippen LogP contribution in [0.2, 0.25) is 0 Å². The van der Waals surface area contributed by atoms with Crippen molar-refractivity contribution in [3.8, 4) is 0 Å². The summed E-state index contributed by atoms with van der Waals surface area (Å²) in [5.74, 6) is 0. The molecule has 2 rings (SSSR count). The normalized spacial score (nSPS) is 10.6. The minimum Gasteiger partial charge on any atom is -0.249 e. The summed E-state index contributed by atoms with van der Waals surface area (Å²) >= 11 is 0. The van der Waals surface area contributed by atoms with E-state index in [1.807, 2.05) is 6.07 Å². The Bertz CT molecular complexity index is 437. The number of hydrogen-bond acceptors (Lipinski definition) is 1. The van der Waals surface area contributed by atoms with Gasteiger partial charge in [0.25, 0.3) is 0 Å². The number of hydrogen-bond donors (Lipinski definition) is 0. The minimum atomic E-state index is 1.00. The predicted molar refractivity (Wildman–Crippen MR) is 60.5 cm³/mol. The number of pyridine rings is 1. The quantitative estimate of drug-likeness (QED) is 0.627. The highest BCUT2D eigenvalue weighted by atomic mass is 31.0. The zero-order chi connectivity index (χ0) is 9.26. The monoisotopic (exact) mass is 189 g/mol. The zero-order valence-electron chi connectivity index (χ0n) is 7.62. The third-order valence-corrected chi connectivity index (χ3v) is 2.51. The van der Waals surface area contributed by atoms with E-state index in [0.29, 0.717) is 0 Å². The molecule has 66 valence electrons. The van der Waals surface area contributed by atoms with Crippen molar-refractivity contribution < 1.29 is 0 Å². The van der Waals surface area contributed by atoms with Gasteiger partial charge in [-0.3, -0.25) is 0 Å². The van der Waals surface area contributed by atoms with Crippen LogP contribution in [0.5, 0.6) is 0 Å². The highest BCUT2D eigenvalue weighted by Gasteiger charge is 1.96. The van der Waals surface area contributed by atoms with E-state index in [2.05, 4.69) is 45.4 Å². The lowest BCUT2D eigenvalue weighted by Gasteiger charge is -2.00. The summed E-state index contributed by atoms with van der Waals surface area (Å²) in [7, 11) is 2.62. The van der Waals surface area contributed by atoms with Gasteiger partial charge in [0, 0.05) is 5.39 Å². The molecule has 0 fully saturated rings. The summed E-state index contributed by atoms with van der Waals surface area (Å²) in [6.45, 7) is 2.16. The largest absolute Gasteiger partial charge is 0.249 e. The molecule has 0 radical (unpaired) electrons. The van der Waals surface area contributed by atoms with Crippen LogP contribution in [0.3, 0.4) is 0 Å². The molecule has 0 amide bonds. The molecule has 0 spiro atoms. The van der Waals surface area contributed by atoms with Crippen LogP contribution in [-0.2, 0) is 6.42 Å². The van der Waals surface area contributed by atoms with Crippen molar-refractivity contribution in [1.82, 2.24) is 4.98 Å². The van der Waals surface area contributed by atoms with Gasteiger partial charge in [-0.1, -0.05) is 34.4 Å². The first-order valence-electron chi connectivity index (χ1n) is 4.45. The molecule has 0 saturated heterocycles. The third kappa shape index (κ3) is 1.71. The summed E-state index contributed by atoms with van der Waals surface area (Å²) in [4.78, 5) is 4.45. The number of aryl methyl sites for hydroxylation is 1. The second kappa shape index (κ2) is 3.43. The van der Waals surface area contributed by atoms with E-state index in [9.17, 15) is 0 Å². The van der Waals surface area contributed by atoms with Crippen molar-refractivity contribution in [2.24, 2.45) is 0 Å². The van der Waals surface area contributed by atoms with Gasteiger partial charge in [0.05, 0.1) is 11.0 Å². The molecule has 2 heteroatoms. The van der Waals surface area contributed by atoms with Gasteiger partial charge in [0.2, 0.25) is 0 Å². The Morgan fingerprint density at radius 2 is 2.00 bits per heavy atom. The molecule has 0 N–H and O–H groups in total. The fourth-order valence-corrected chi connectivity index (χ4v) is 1.63. The Hall–Kier alpha value is -0.940. The van der Waals surface area contributed by atoms with Gasteiger partial charge in [0.1, 0.15) is 0 Å². The Morgan fingerprint density at radius 1 is 1.23 bits per heavy atom. The maximum atomic E-state index is 4.45. The van der Waals surface area contributed by atoms with Gasteiger partial charge < -0.3 is 0 Å². The van der Waals surface area contributed by atoms with Crippen LogP contribution in [0.15, 0.2) is 30.3 Å². The SMILES string of the molecule is CCc1ccc2ccc(P)nc2c1. The zero-order valence-corrected chi connectivity index (χ0v) is 8.77. The number of rotatable bonds is 1. The van der Waals surface area contributed by atoms with E-state index >= 15 is 0 Å². The predicted octanol–water partition coefficient (Wildman–Crippen LogP) is 2.30. The van der Waals surface area contributed by atoms with Crippen molar-refractivity contribution >= 4 is 25.6 Å². The van der Waals surface area contributed by atoms with Crippen LogP contribution in [0, 0.1) is 0 Å². The highest BCUT2D eigenvalue weighted by Crippen LogP contribution is 2.13. The van der Waals surface area contributed by atoms with Crippen LogP contribution in [0.1, 0.15) is 12.5 Å². The second-order valence-corrected chi connectivity index (χ2v) is 3.71. The first kappa shape index (κ1) is 8.65. The molecular weight excluding hydrogens is 177 g/mol. The Kier molecular flexibility index (Phi) is 2.28. The van der Waals surface area contributed by atoms with Crippen molar-refractivity contribution in [3.05, 3.63) is 35.9 Å². The van der Waals surface area contributed by atoms with Crippen LogP contribution >= 0.6 is 9.24 Å². The molecule has 0 bridgehead atoms. The molecule has 1 unspecified atom stereocenters. The molecule has 0 aliphatic heterocycles. The van der Waals surface area contributed by atoms with E-state index in [0.717, 1.165) is 17.4 Å². The van der Waals surface area contributed by atoms with Gasteiger partial charge in [-0.25, -0.2) is 4.98 Å². The molecule has 13 heavy (non-hydrogen) atoms. The van der Waals surface area contributed by atoms with Gasteiger partial charge in [-0.05, 0) is 24.1 Å². The molecule has 1 aromatic carbocycles. The first-order chi connectivity index (χ1) is 6.29. The van der Waals surface area contributed by atoms with E-state index in [4.69, 9.17) is 0 Å². The van der Waals surface area contributed by atoms with E-state index in [-0.39, 0.29) is 0 Å². The number of nitrogens with zero attached hydrogens (tertiary/aromatic N) is 1. The fraction of sp³-hybridized carbons (Fsp3) is 0.182. The Balaban J connectivity index is 2.68. The highest BCUT2D eigenvalue weighted by molar-refractivity contribution is 7.26. The van der Waals surface area contributed by atoms with E-state index in [1.165, 1.54) is 10.9 Å². The topological polar surface area (TPSA) is 12.9 Å². The lowest BCUT2D eigenvalue weighted by atomic mass is 10.1. The van der Waals surface area contributed by atoms with Crippen LogP contribution in [0.25, 0.3) is 10.9 Å².